The van der Waals surface area contributed by atoms with Gasteiger partial charge in [0, 0.05) is 12.1 Å². The van der Waals surface area contributed by atoms with Crippen LogP contribution >= 0.6 is 0 Å². The van der Waals surface area contributed by atoms with Gasteiger partial charge in [0.2, 0.25) is 0 Å². The van der Waals surface area contributed by atoms with Crippen molar-refractivity contribution in [1.29, 1.82) is 0 Å². The molecule has 1 aliphatic heterocycles. The van der Waals surface area contributed by atoms with Crippen molar-refractivity contribution < 1.29 is 14.6 Å². The van der Waals surface area contributed by atoms with Gasteiger partial charge in [0.1, 0.15) is 5.78 Å². The SMILES string of the molecule is CCOc1cc(C2Nc3ccccc3N=C3CC(C)(C)CC(=O)C32)ccc1O. The van der Waals surface area contributed by atoms with Gasteiger partial charge in [0.05, 0.1) is 29.9 Å². The smallest absolute Gasteiger partial charge is 0.161 e. The van der Waals surface area contributed by atoms with Gasteiger partial charge in [-0.15, -0.1) is 0 Å². The van der Waals surface area contributed by atoms with E-state index in [2.05, 4.69) is 19.2 Å². The Kier molecular flexibility index (Phi) is 4.61. The molecule has 28 heavy (non-hydrogen) atoms. The minimum atomic E-state index is -0.334. The summed E-state index contributed by atoms with van der Waals surface area (Å²) in [6.07, 6.45) is 1.31. The maximum atomic E-state index is 13.2. The van der Waals surface area contributed by atoms with Gasteiger partial charge in [-0.2, -0.15) is 0 Å². The minimum Gasteiger partial charge on any atom is -0.504 e. The second kappa shape index (κ2) is 6.97. The first kappa shape index (κ1) is 18.5. The average Bonchev–Trinajstić information content (AvgIpc) is 2.79. The molecule has 0 saturated heterocycles. The molecular weight excluding hydrogens is 352 g/mol. The third-order valence-corrected chi connectivity index (χ3v) is 5.47. The van der Waals surface area contributed by atoms with Crippen LogP contribution in [0.4, 0.5) is 11.4 Å². The molecule has 146 valence electrons. The van der Waals surface area contributed by atoms with Gasteiger partial charge in [-0.25, -0.2) is 0 Å². The molecule has 2 N–H and O–H groups in total. The number of benzene rings is 2. The monoisotopic (exact) mass is 378 g/mol. The number of fused-ring (bicyclic) bond motifs is 2. The normalized spacial score (nSPS) is 23.0. The van der Waals surface area contributed by atoms with Crippen LogP contribution in [0.1, 0.15) is 45.2 Å². The number of rotatable bonds is 3. The van der Waals surface area contributed by atoms with Crippen molar-refractivity contribution >= 4 is 22.9 Å². The van der Waals surface area contributed by atoms with E-state index in [9.17, 15) is 9.90 Å². The molecule has 0 radical (unpaired) electrons. The van der Waals surface area contributed by atoms with Gasteiger partial charge >= 0.3 is 0 Å². The Morgan fingerprint density at radius 1 is 1.21 bits per heavy atom. The van der Waals surface area contributed by atoms with Crippen LogP contribution in [0.2, 0.25) is 0 Å². The summed E-state index contributed by atoms with van der Waals surface area (Å²) in [5.41, 5.74) is 3.51. The van der Waals surface area contributed by atoms with Crippen LogP contribution < -0.4 is 10.1 Å². The first-order valence-electron chi connectivity index (χ1n) is 9.79. The lowest BCUT2D eigenvalue weighted by molar-refractivity contribution is -0.124. The van der Waals surface area contributed by atoms with E-state index >= 15 is 0 Å². The number of hydrogen-bond donors (Lipinski definition) is 2. The van der Waals surface area contributed by atoms with Gasteiger partial charge in [0.15, 0.2) is 11.5 Å². The highest BCUT2D eigenvalue weighted by molar-refractivity contribution is 6.10. The second-order valence-electron chi connectivity index (χ2n) is 8.36. The van der Waals surface area contributed by atoms with E-state index in [1.165, 1.54) is 0 Å². The number of ketones is 1. The molecule has 0 aromatic heterocycles. The van der Waals surface area contributed by atoms with Gasteiger partial charge in [0.25, 0.3) is 0 Å². The molecule has 2 aliphatic rings. The van der Waals surface area contributed by atoms with E-state index in [0.29, 0.717) is 18.8 Å². The molecule has 1 aliphatic carbocycles. The van der Waals surface area contributed by atoms with Crippen LogP contribution in [-0.2, 0) is 4.79 Å². The van der Waals surface area contributed by atoms with E-state index in [0.717, 1.165) is 29.1 Å². The number of anilines is 1. The number of aromatic hydroxyl groups is 1. The summed E-state index contributed by atoms with van der Waals surface area (Å²) in [7, 11) is 0. The molecule has 0 spiro atoms. The Morgan fingerprint density at radius 2 is 2.00 bits per heavy atom. The number of para-hydroxylation sites is 2. The Balaban J connectivity index is 1.84. The predicted octanol–water partition coefficient (Wildman–Crippen LogP) is 5.04. The number of hydrogen-bond acceptors (Lipinski definition) is 5. The van der Waals surface area contributed by atoms with Gasteiger partial charge < -0.3 is 15.2 Å². The molecule has 2 aromatic carbocycles. The number of carbonyl (C=O) groups excluding carboxylic acids is 1. The van der Waals surface area contributed by atoms with Crippen molar-refractivity contribution in [3.05, 3.63) is 48.0 Å². The number of phenols is 1. The van der Waals surface area contributed by atoms with Crippen molar-refractivity contribution in [2.45, 2.75) is 39.7 Å². The minimum absolute atomic E-state index is 0.0955. The first-order valence-corrected chi connectivity index (χ1v) is 9.79. The second-order valence-corrected chi connectivity index (χ2v) is 8.36. The molecule has 1 saturated carbocycles. The number of Topliss-reactive ketones (excluding diaryl/α,β-unsaturated/α-hetero) is 1. The lowest BCUT2D eigenvalue weighted by Gasteiger charge is -2.37. The highest BCUT2D eigenvalue weighted by Crippen LogP contribution is 2.45. The van der Waals surface area contributed by atoms with Crippen LogP contribution in [0, 0.1) is 11.3 Å². The fourth-order valence-corrected chi connectivity index (χ4v) is 4.29. The van der Waals surface area contributed by atoms with Crippen molar-refractivity contribution in [2.24, 2.45) is 16.3 Å². The Labute approximate surface area is 165 Å². The lowest BCUT2D eigenvalue weighted by Crippen LogP contribution is -2.42. The molecule has 2 aromatic rings. The molecule has 2 atom stereocenters. The number of nitrogens with one attached hydrogen (secondary N) is 1. The van der Waals surface area contributed by atoms with Crippen LogP contribution in [0.15, 0.2) is 47.5 Å². The van der Waals surface area contributed by atoms with Gasteiger partial charge in [-0.1, -0.05) is 32.0 Å². The zero-order valence-corrected chi connectivity index (χ0v) is 16.5. The fraction of sp³-hybridized carbons (Fsp3) is 0.391. The van der Waals surface area contributed by atoms with E-state index in [4.69, 9.17) is 9.73 Å². The molecule has 4 rings (SSSR count). The first-order chi connectivity index (χ1) is 13.4. The highest BCUT2D eigenvalue weighted by Gasteiger charge is 2.44. The number of ether oxygens (including phenoxy) is 1. The van der Waals surface area contributed by atoms with E-state index in [-0.39, 0.29) is 28.9 Å². The zero-order valence-electron chi connectivity index (χ0n) is 16.5. The van der Waals surface area contributed by atoms with Crippen molar-refractivity contribution in [3.63, 3.8) is 0 Å². The molecule has 2 unspecified atom stereocenters. The summed E-state index contributed by atoms with van der Waals surface area (Å²) in [6, 6.07) is 12.9. The third kappa shape index (κ3) is 3.37. The molecular formula is C23H26N2O3. The van der Waals surface area contributed by atoms with Crippen molar-refractivity contribution in [2.75, 3.05) is 11.9 Å². The van der Waals surface area contributed by atoms with Crippen LogP contribution in [-0.4, -0.2) is 23.2 Å². The molecule has 5 nitrogen and oxygen atoms in total. The van der Waals surface area contributed by atoms with Gasteiger partial charge in [-0.3, -0.25) is 9.79 Å². The standard InChI is InChI=1S/C23H26N2O3/c1-4-28-20-11-14(9-10-18(20)26)22-21-17(12-23(2,3)13-19(21)27)24-15-7-5-6-8-16(15)25-22/h5-11,21-22,25-26H,4,12-13H2,1-3H3. The fourth-order valence-electron chi connectivity index (χ4n) is 4.29. The molecule has 0 bridgehead atoms. The third-order valence-electron chi connectivity index (χ3n) is 5.47. The number of aliphatic imine (C=N–C) groups is 1. The molecule has 0 amide bonds. The summed E-state index contributed by atoms with van der Waals surface area (Å²) in [5.74, 6) is 0.400. The van der Waals surface area contributed by atoms with Crippen molar-refractivity contribution in [3.8, 4) is 11.5 Å². The van der Waals surface area contributed by atoms with E-state index in [1.807, 2.05) is 43.3 Å². The summed E-state index contributed by atoms with van der Waals surface area (Å²) in [5, 5.41) is 13.6. The maximum absolute atomic E-state index is 13.2. The van der Waals surface area contributed by atoms with Gasteiger partial charge in [-0.05, 0) is 48.6 Å². The van der Waals surface area contributed by atoms with Crippen LogP contribution in [0.3, 0.4) is 0 Å². The Bertz CT molecular complexity index is 949. The summed E-state index contributed by atoms with van der Waals surface area (Å²) >= 11 is 0. The average molecular weight is 378 g/mol. The quantitative estimate of drug-likeness (QED) is 0.785. The molecule has 1 fully saturated rings. The molecule has 5 heteroatoms. The lowest BCUT2D eigenvalue weighted by atomic mass is 9.68. The number of carbonyl (C=O) groups is 1. The summed E-state index contributed by atoms with van der Waals surface area (Å²) in [4.78, 5) is 18.1. The number of nitrogens with zero attached hydrogens (tertiary/aromatic N) is 1. The topological polar surface area (TPSA) is 70.9 Å². The summed E-state index contributed by atoms with van der Waals surface area (Å²) < 4.78 is 5.57. The van der Waals surface area contributed by atoms with E-state index < -0.39 is 0 Å². The Morgan fingerprint density at radius 3 is 2.79 bits per heavy atom. The Hall–Kier alpha value is -2.82. The summed E-state index contributed by atoms with van der Waals surface area (Å²) in [6.45, 7) is 6.58. The molecule has 1 heterocycles. The van der Waals surface area contributed by atoms with Crippen LogP contribution in [0.25, 0.3) is 0 Å². The van der Waals surface area contributed by atoms with Crippen molar-refractivity contribution in [1.82, 2.24) is 0 Å². The number of phenolic OH excluding ortho intramolecular Hbond substituents is 1. The largest absolute Gasteiger partial charge is 0.504 e. The zero-order chi connectivity index (χ0) is 19.9. The van der Waals surface area contributed by atoms with E-state index in [1.54, 1.807) is 6.07 Å². The van der Waals surface area contributed by atoms with Crippen LogP contribution in [0.5, 0.6) is 11.5 Å². The predicted molar refractivity (Wildman–Crippen MR) is 111 cm³/mol. The highest BCUT2D eigenvalue weighted by atomic mass is 16.5. The maximum Gasteiger partial charge on any atom is 0.161 e.